The maximum Gasteiger partial charge on any atom is 0.0706 e. The summed E-state index contributed by atoms with van der Waals surface area (Å²) in [6.45, 7) is 6.67. The van der Waals surface area contributed by atoms with E-state index in [4.69, 9.17) is 4.74 Å². The van der Waals surface area contributed by atoms with Crippen molar-refractivity contribution >= 4 is 0 Å². The number of ether oxygens (including phenoxy) is 1. The van der Waals surface area contributed by atoms with Crippen LogP contribution in [0, 0.1) is 0 Å². The Morgan fingerprint density at radius 2 is 2.10 bits per heavy atom. The minimum atomic E-state index is 0.444. The number of benzene rings is 1. The van der Waals surface area contributed by atoms with E-state index in [0.717, 1.165) is 19.6 Å². The van der Waals surface area contributed by atoms with Crippen molar-refractivity contribution in [2.24, 2.45) is 0 Å². The van der Waals surface area contributed by atoms with E-state index in [1.807, 2.05) is 0 Å². The van der Waals surface area contributed by atoms with Crippen LogP contribution in [0.3, 0.4) is 0 Å². The molecule has 20 heavy (non-hydrogen) atoms. The summed E-state index contributed by atoms with van der Waals surface area (Å²) >= 11 is 0. The van der Waals surface area contributed by atoms with Gasteiger partial charge in [-0.1, -0.05) is 30.3 Å². The fourth-order valence-electron chi connectivity index (χ4n) is 3.37. The molecule has 0 spiro atoms. The largest absolute Gasteiger partial charge is 0.374 e. The van der Waals surface area contributed by atoms with E-state index in [9.17, 15) is 0 Å². The van der Waals surface area contributed by atoms with Crippen LogP contribution in [-0.2, 0) is 4.74 Å². The fraction of sp³-hybridized carbons (Fsp3) is 0.647. The van der Waals surface area contributed by atoms with Gasteiger partial charge in [0.2, 0.25) is 0 Å². The monoisotopic (exact) mass is 274 g/mol. The van der Waals surface area contributed by atoms with Crippen LogP contribution < -0.4 is 5.32 Å². The second-order valence-corrected chi connectivity index (χ2v) is 6.18. The molecule has 0 bridgehead atoms. The van der Waals surface area contributed by atoms with Crippen molar-refractivity contribution in [3.63, 3.8) is 0 Å². The molecule has 2 aliphatic rings. The number of rotatable bonds is 3. The molecule has 2 fully saturated rings. The lowest BCUT2D eigenvalue weighted by Crippen LogP contribution is -2.36. The van der Waals surface area contributed by atoms with Crippen molar-refractivity contribution in [3.05, 3.63) is 35.9 Å². The standard InChI is InChI=1S/C17H26N2O/c1-14-8-9-16(20-14)12-19-11-5-10-18-17(13-19)15-6-3-2-4-7-15/h2-4,6-7,14,16-18H,5,8-13H2,1H3. The van der Waals surface area contributed by atoms with Gasteiger partial charge in [0.1, 0.15) is 0 Å². The molecule has 1 aromatic carbocycles. The van der Waals surface area contributed by atoms with Gasteiger partial charge in [-0.15, -0.1) is 0 Å². The van der Waals surface area contributed by atoms with E-state index >= 15 is 0 Å². The van der Waals surface area contributed by atoms with E-state index in [1.165, 1.54) is 31.4 Å². The topological polar surface area (TPSA) is 24.5 Å². The molecule has 0 radical (unpaired) electrons. The van der Waals surface area contributed by atoms with Crippen LogP contribution in [0.25, 0.3) is 0 Å². The van der Waals surface area contributed by atoms with E-state index in [2.05, 4.69) is 47.5 Å². The molecule has 2 heterocycles. The van der Waals surface area contributed by atoms with Gasteiger partial charge >= 0.3 is 0 Å². The van der Waals surface area contributed by atoms with Gasteiger partial charge in [-0.05, 0) is 44.8 Å². The van der Waals surface area contributed by atoms with Gasteiger partial charge < -0.3 is 10.1 Å². The lowest BCUT2D eigenvalue weighted by Gasteiger charge is -2.27. The quantitative estimate of drug-likeness (QED) is 0.917. The van der Waals surface area contributed by atoms with Gasteiger partial charge in [-0.3, -0.25) is 4.90 Å². The second-order valence-electron chi connectivity index (χ2n) is 6.18. The highest BCUT2D eigenvalue weighted by Gasteiger charge is 2.26. The third-order valence-electron chi connectivity index (χ3n) is 4.47. The molecule has 3 rings (SSSR count). The lowest BCUT2D eigenvalue weighted by molar-refractivity contribution is 0.0311. The Balaban J connectivity index is 1.60. The molecule has 1 N–H and O–H groups in total. The Hall–Kier alpha value is -0.900. The van der Waals surface area contributed by atoms with E-state index in [-0.39, 0.29) is 0 Å². The molecule has 3 nitrogen and oxygen atoms in total. The molecule has 0 amide bonds. The van der Waals surface area contributed by atoms with Crippen LogP contribution in [0.5, 0.6) is 0 Å². The van der Waals surface area contributed by atoms with Crippen LogP contribution >= 0.6 is 0 Å². The van der Waals surface area contributed by atoms with Gasteiger partial charge in [-0.25, -0.2) is 0 Å². The Bertz CT molecular complexity index is 409. The molecule has 3 heteroatoms. The number of hydrogen-bond donors (Lipinski definition) is 1. The van der Waals surface area contributed by atoms with Crippen molar-refractivity contribution < 1.29 is 4.74 Å². The summed E-state index contributed by atoms with van der Waals surface area (Å²) in [5.74, 6) is 0. The minimum Gasteiger partial charge on any atom is -0.374 e. The van der Waals surface area contributed by atoms with Gasteiger partial charge in [0, 0.05) is 19.1 Å². The Morgan fingerprint density at radius 1 is 1.25 bits per heavy atom. The molecule has 3 atom stereocenters. The van der Waals surface area contributed by atoms with Crippen molar-refractivity contribution in [2.45, 2.75) is 44.4 Å². The van der Waals surface area contributed by atoms with Crippen molar-refractivity contribution in [2.75, 3.05) is 26.2 Å². The zero-order valence-electron chi connectivity index (χ0n) is 12.4. The molecule has 2 aliphatic heterocycles. The summed E-state index contributed by atoms with van der Waals surface area (Å²) in [4.78, 5) is 2.58. The first-order chi connectivity index (χ1) is 9.81. The molecule has 3 unspecified atom stereocenters. The van der Waals surface area contributed by atoms with Crippen LogP contribution in [-0.4, -0.2) is 43.3 Å². The highest BCUT2D eigenvalue weighted by atomic mass is 16.5. The number of nitrogens with one attached hydrogen (secondary N) is 1. The molecular weight excluding hydrogens is 248 g/mol. The lowest BCUT2D eigenvalue weighted by atomic mass is 10.1. The van der Waals surface area contributed by atoms with Crippen LogP contribution in [0.2, 0.25) is 0 Å². The summed E-state index contributed by atoms with van der Waals surface area (Å²) in [7, 11) is 0. The summed E-state index contributed by atoms with van der Waals surface area (Å²) in [5.41, 5.74) is 1.40. The molecule has 0 aliphatic carbocycles. The van der Waals surface area contributed by atoms with Gasteiger partial charge in [-0.2, -0.15) is 0 Å². The molecule has 0 aromatic heterocycles. The fourth-order valence-corrected chi connectivity index (χ4v) is 3.37. The third kappa shape index (κ3) is 3.60. The smallest absolute Gasteiger partial charge is 0.0706 e. The van der Waals surface area contributed by atoms with Crippen LogP contribution in [0.1, 0.15) is 37.8 Å². The molecule has 0 saturated carbocycles. The summed E-state index contributed by atoms with van der Waals surface area (Å²) in [6.07, 6.45) is 4.57. The summed E-state index contributed by atoms with van der Waals surface area (Å²) < 4.78 is 5.98. The average molecular weight is 274 g/mol. The number of hydrogen-bond acceptors (Lipinski definition) is 3. The second kappa shape index (κ2) is 6.70. The highest BCUT2D eigenvalue weighted by Crippen LogP contribution is 2.22. The highest BCUT2D eigenvalue weighted by molar-refractivity contribution is 5.19. The van der Waals surface area contributed by atoms with E-state index < -0.39 is 0 Å². The first-order valence-electron chi connectivity index (χ1n) is 7.97. The zero-order valence-corrected chi connectivity index (χ0v) is 12.4. The molecule has 1 aromatic rings. The van der Waals surface area contributed by atoms with Gasteiger partial charge in [0.05, 0.1) is 12.2 Å². The van der Waals surface area contributed by atoms with E-state index in [1.54, 1.807) is 0 Å². The normalized spacial score (nSPS) is 32.1. The Labute approximate surface area is 122 Å². The number of nitrogens with zero attached hydrogens (tertiary/aromatic N) is 1. The first-order valence-corrected chi connectivity index (χ1v) is 7.97. The van der Waals surface area contributed by atoms with Crippen molar-refractivity contribution in [3.8, 4) is 0 Å². The van der Waals surface area contributed by atoms with Gasteiger partial charge in [0.25, 0.3) is 0 Å². The molecular formula is C17H26N2O. The first kappa shape index (κ1) is 14.1. The molecule has 110 valence electrons. The molecule has 2 saturated heterocycles. The Kier molecular flexibility index (Phi) is 4.71. The van der Waals surface area contributed by atoms with Crippen LogP contribution in [0.4, 0.5) is 0 Å². The average Bonchev–Trinajstić information content (AvgIpc) is 2.74. The Morgan fingerprint density at radius 3 is 2.85 bits per heavy atom. The van der Waals surface area contributed by atoms with Crippen molar-refractivity contribution in [1.82, 2.24) is 10.2 Å². The SMILES string of the molecule is CC1CCC(CN2CCCNC(c3ccccc3)C2)O1. The summed E-state index contributed by atoms with van der Waals surface area (Å²) in [6, 6.07) is 11.3. The van der Waals surface area contributed by atoms with E-state index in [0.29, 0.717) is 18.2 Å². The maximum atomic E-state index is 5.98. The minimum absolute atomic E-state index is 0.444. The predicted octanol–water partition coefficient (Wildman–Crippen LogP) is 2.59. The van der Waals surface area contributed by atoms with Crippen molar-refractivity contribution in [1.29, 1.82) is 0 Å². The van der Waals surface area contributed by atoms with Crippen LogP contribution in [0.15, 0.2) is 30.3 Å². The summed E-state index contributed by atoms with van der Waals surface area (Å²) in [5, 5.41) is 3.68. The van der Waals surface area contributed by atoms with Gasteiger partial charge in [0.15, 0.2) is 0 Å². The maximum absolute atomic E-state index is 5.98. The predicted molar refractivity (Wildman–Crippen MR) is 81.8 cm³/mol. The zero-order chi connectivity index (χ0) is 13.8. The third-order valence-corrected chi connectivity index (χ3v) is 4.47.